The first-order valence-corrected chi connectivity index (χ1v) is 8.21. The molecule has 1 aromatic rings. The fraction of sp³-hybridized carbons (Fsp3) is 0.625. The molecule has 2 N–H and O–H groups in total. The minimum atomic E-state index is -0.181. The smallest absolute Gasteiger partial charge is 0.271 e. The molecule has 4 nitrogen and oxygen atoms in total. The van der Waals surface area contributed by atoms with Crippen LogP contribution < -0.4 is 10.6 Å². The largest absolute Gasteiger partial charge is 0.370 e. The predicted molar refractivity (Wildman–Crippen MR) is 86.9 cm³/mol. The highest BCUT2D eigenvalue weighted by Gasteiger charge is 2.24. The summed E-state index contributed by atoms with van der Waals surface area (Å²) in [6.45, 7) is 4.98. The van der Waals surface area contributed by atoms with Crippen LogP contribution >= 0.6 is 11.6 Å². The summed E-state index contributed by atoms with van der Waals surface area (Å²) in [5.74, 6) is 1.09. The van der Waals surface area contributed by atoms with Crippen molar-refractivity contribution in [3.63, 3.8) is 0 Å². The molecular formula is C16H24ClN3O. The number of hydrogen-bond donors (Lipinski definition) is 2. The molecule has 116 valence electrons. The van der Waals surface area contributed by atoms with E-state index in [9.17, 15) is 4.79 Å². The third kappa shape index (κ3) is 4.34. The van der Waals surface area contributed by atoms with Crippen molar-refractivity contribution in [2.45, 2.75) is 52.0 Å². The number of halogens is 1. The van der Waals surface area contributed by atoms with Gasteiger partial charge in [0.15, 0.2) is 0 Å². The molecule has 1 saturated carbocycles. The number of aromatic nitrogens is 1. The summed E-state index contributed by atoms with van der Waals surface area (Å²) in [5, 5.41) is 6.62. The highest BCUT2D eigenvalue weighted by Crippen LogP contribution is 2.27. The summed E-state index contributed by atoms with van der Waals surface area (Å²) in [6, 6.07) is 3.70. The monoisotopic (exact) mass is 309 g/mol. The molecule has 1 heterocycles. The van der Waals surface area contributed by atoms with Crippen molar-refractivity contribution < 1.29 is 4.79 Å². The van der Waals surface area contributed by atoms with Gasteiger partial charge in [0.05, 0.1) is 5.02 Å². The van der Waals surface area contributed by atoms with E-state index in [-0.39, 0.29) is 11.9 Å². The number of nitrogens with zero attached hydrogens (tertiary/aromatic N) is 1. The quantitative estimate of drug-likeness (QED) is 0.839. The van der Waals surface area contributed by atoms with E-state index in [1.54, 1.807) is 12.1 Å². The van der Waals surface area contributed by atoms with Crippen molar-refractivity contribution in [1.82, 2.24) is 10.3 Å². The van der Waals surface area contributed by atoms with E-state index < -0.39 is 0 Å². The van der Waals surface area contributed by atoms with Crippen molar-refractivity contribution in [2.75, 3.05) is 11.9 Å². The Morgan fingerprint density at radius 1 is 1.43 bits per heavy atom. The van der Waals surface area contributed by atoms with Crippen LogP contribution in [0.5, 0.6) is 0 Å². The number of carbonyl (C=O) groups excluding carboxylic acids is 1. The molecule has 1 amide bonds. The molecule has 1 atom stereocenters. The van der Waals surface area contributed by atoms with Crippen LogP contribution in [0.1, 0.15) is 56.4 Å². The SMILES string of the molecule is CCCNc1ccc(Cl)c(C(=O)NC(C)C2CCCC2)n1. The predicted octanol–water partition coefficient (Wildman–Crippen LogP) is 3.87. The third-order valence-electron chi connectivity index (χ3n) is 4.08. The minimum absolute atomic E-state index is 0.171. The fourth-order valence-electron chi connectivity index (χ4n) is 2.80. The number of amides is 1. The summed E-state index contributed by atoms with van der Waals surface area (Å²) < 4.78 is 0. The van der Waals surface area contributed by atoms with Crippen LogP contribution in [0, 0.1) is 5.92 Å². The first-order chi connectivity index (χ1) is 10.1. The molecule has 1 unspecified atom stereocenters. The Morgan fingerprint density at radius 3 is 2.81 bits per heavy atom. The average molecular weight is 310 g/mol. The van der Waals surface area contributed by atoms with E-state index in [0.717, 1.165) is 13.0 Å². The molecular weight excluding hydrogens is 286 g/mol. The fourth-order valence-corrected chi connectivity index (χ4v) is 2.99. The zero-order valence-corrected chi connectivity index (χ0v) is 13.5. The zero-order valence-electron chi connectivity index (χ0n) is 12.8. The Balaban J connectivity index is 2.03. The van der Waals surface area contributed by atoms with Gasteiger partial charge < -0.3 is 10.6 Å². The van der Waals surface area contributed by atoms with Crippen molar-refractivity contribution in [3.05, 3.63) is 22.8 Å². The van der Waals surface area contributed by atoms with E-state index in [1.165, 1.54) is 25.7 Å². The Labute approximate surface area is 131 Å². The first-order valence-electron chi connectivity index (χ1n) is 7.83. The molecule has 0 aromatic carbocycles. The lowest BCUT2D eigenvalue weighted by Crippen LogP contribution is -2.37. The van der Waals surface area contributed by atoms with E-state index in [0.29, 0.717) is 22.5 Å². The summed E-state index contributed by atoms with van der Waals surface area (Å²) in [7, 11) is 0. The molecule has 0 aliphatic heterocycles. The number of rotatable bonds is 6. The number of nitrogens with one attached hydrogen (secondary N) is 2. The second-order valence-corrected chi connectivity index (χ2v) is 6.17. The summed E-state index contributed by atoms with van der Waals surface area (Å²) in [4.78, 5) is 16.7. The van der Waals surface area contributed by atoms with Crippen LogP contribution in [0.25, 0.3) is 0 Å². The Morgan fingerprint density at radius 2 is 2.14 bits per heavy atom. The Hall–Kier alpha value is -1.29. The lowest BCUT2D eigenvalue weighted by atomic mass is 10.00. The Bertz CT molecular complexity index is 486. The molecule has 0 saturated heterocycles. The van der Waals surface area contributed by atoms with Crippen molar-refractivity contribution in [1.29, 1.82) is 0 Å². The summed E-state index contributed by atoms with van der Waals surface area (Å²) in [5.41, 5.74) is 0.308. The molecule has 0 spiro atoms. The van der Waals surface area contributed by atoms with Gasteiger partial charge in [-0.05, 0) is 44.2 Å². The van der Waals surface area contributed by atoms with E-state index in [4.69, 9.17) is 11.6 Å². The molecule has 21 heavy (non-hydrogen) atoms. The molecule has 5 heteroatoms. The van der Waals surface area contributed by atoms with Gasteiger partial charge in [0.25, 0.3) is 5.91 Å². The maximum absolute atomic E-state index is 12.4. The van der Waals surface area contributed by atoms with Crippen LogP contribution in [-0.2, 0) is 0 Å². The van der Waals surface area contributed by atoms with E-state index in [1.807, 2.05) is 0 Å². The van der Waals surface area contributed by atoms with Gasteiger partial charge in [-0.15, -0.1) is 0 Å². The number of anilines is 1. The maximum Gasteiger partial charge on any atom is 0.271 e. The molecule has 0 bridgehead atoms. The van der Waals surface area contributed by atoms with Gasteiger partial charge in [0.2, 0.25) is 0 Å². The second-order valence-electron chi connectivity index (χ2n) is 5.76. The molecule has 1 aliphatic carbocycles. The molecule has 1 fully saturated rings. The maximum atomic E-state index is 12.4. The standard InChI is InChI=1S/C16H24ClN3O/c1-3-10-18-14-9-8-13(17)15(20-14)16(21)19-11(2)12-6-4-5-7-12/h8-9,11-12H,3-7,10H2,1-2H3,(H,18,20)(H,19,21). The average Bonchev–Trinajstić information content (AvgIpc) is 3.00. The van der Waals surface area contributed by atoms with Gasteiger partial charge in [-0.1, -0.05) is 31.4 Å². The third-order valence-corrected chi connectivity index (χ3v) is 4.39. The van der Waals surface area contributed by atoms with Gasteiger partial charge in [0.1, 0.15) is 11.5 Å². The Kier molecular flexibility index (Phi) is 5.85. The van der Waals surface area contributed by atoms with E-state index in [2.05, 4.69) is 29.5 Å². The van der Waals surface area contributed by atoms with Crippen LogP contribution in [-0.4, -0.2) is 23.5 Å². The highest BCUT2D eigenvalue weighted by atomic mass is 35.5. The van der Waals surface area contributed by atoms with Crippen LogP contribution in [0.2, 0.25) is 5.02 Å². The van der Waals surface area contributed by atoms with E-state index >= 15 is 0 Å². The van der Waals surface area contributed by atoms with Crippen LogP contribution in [0.3, 0.4) is 0 Å². The van der Waals surface area contributed by atoms with Crippen molar-refractivity contribution >= 4 is 23.3 Å². The number of carbonyl (C=O) groups is 1. The number of pyridine rings is 1. The first kappa shape index (κ1) is 16.1. The lowest BCUT2D eigenvalue weighted by molar-refractivity contribution is 0.0922. The summed E-state index contributed by atoms with van der Waals surface area (Å²) in [6.07, 6.45) is 5.92. The normalized spacial score (nSPS) is 16.7. The molecule has 1 aliphatic rings. The lowest BCUT2D eigenvalue weighted by Gasteiger charge is -2.20. The molecule has 1 aromatic heterocycles. The van der Waals surface area contributed by atoms with Crippen molar-refractivity contribution in [3.8, 4) is 0 Å². The second kappa shape index (κ2) is 7.64. The number of hydrogen-bond acceptors (Lipinski definition) is 3. The van der Waals surface area contributed by atoms with Crippen LogP contribution in [0.15, 0.2) is 12.1 Å². The summed E-state index contributed by atoms with van der Waals surface area (Å²) >= 11 is 6.12. The van der Waals surface area contributed by atoms with Gasteiger partial charge in [-0.3, -0.25) is 4.79 Å². The molecule has 2 rings (SSSR count). The highest BCUT2D eigenvalue weighted by molar-refractivity contribution is 6.33. The van der Waals surface area contributed by atoms with Gasteiger partial charge >= 0.3 is 0 Å². The van der Waals surface area contributed by atoms with Gasteiger partial charge in [-0.25, -0.2) is 4.98 Å². The van der Waals surface area contributed by atoms with Crippen LogP contribution in [0.4, 0.5) is 5.82 Å². The van der Waals surface area contributed by atoms with Gasteiger partial charge in [0, 0.05) is 12.6 Å². The molecule has 0 radical (unpaired) electrons. The van der Waals surface area contributed by atoms with Crippen molar-refractivity contribution in [2.24, 2.45) is 5.92 Å². The van der Waals surface area contributed by atoms with Gasteiger partial charge in [-0.2, -0.15) is 0 Å². The topological polar surface area (TPSA) is 54.0 Å². The minimum Gasteiger partial charge on any atom is -0.370 e. The zero-order chi connectivity index (χ0) is 15.2.